The summed E-state index contributed by atoms with van der Waals surface area (Å²) in [5, 5.41) is 3.78. The Kier molecular flexibility index (Phi) is 4.22. The van der Waals surface area contributed by atoms with Crippen LogP contribution in [0.3, 0.4) is 0 Å². The zero-order valence-corrected chi connectivity index (χ0v) is 11.4. The van der Waals surface area contributed by atoms with Crippen molar-refractivity contribution in [1.82, 2.24) is 5.32 Å². The van der Waals surface area contributed by atoms with Crippen molar-refractivity contribution < 1.29 is 0 Å². The van der Waals surface area contributed by atoms with Gasteiger partial charge in [0.25, 0.3) is 0 Å². The maximum Gasteiger partial charge on any atom is 0.0296 e. The maximum absolute atomic E-state index is 3.78. The molecule has 0 saturated heterocycles. The molecule has 1 aliphatic carbocycles. The highest BCUT2D eigenvalue weighted by Crippen LogP contribution is 2.29. The minimum atomic E-state index is 0.465. The molecule has 1 aliphatic rings. The van der Waals surface area contributed by atoms with Crippen LogP contribution in [0, 0.1) is 12.8 Å². The zero-order valence-electron chi connectivity index (χ0n) is 11.4. The molecule has 0 bridgehead atoms. The van der Waals surface area contributed by atoms with Crippen LogP contribution < -0.4 is 5.32 Å². The molecule has 1 aromatic rings. The number of nitrogens with one attached hydrogen (secondary N) is 1. The van der Waals surface area contributed by atoms with E-state index in [1.165, 1.54) is 36.8 Å². The molecule has 1 heteroatoms. The predicted molar refractivity (Wildman–Crippen MR) is 74.1 cm³/mol. The minimum Gasteiger partial charge on any atom is -0.307 e. The topological polar surface area (TPSA) is 12.0 Å². The van der Waals surface area contributed by atoms with Gasteiger partial charge in [0.05, 0.1) is 0 Å². The van der Waals surface area contributed by atoms with E-state index in [0.717, 1.165) is 5.92 Å². The summed E-state index contributed by atoms with van der Waals surface area (Å²) in [6.45, 7) is 6.84. The lowest BCUT2D eigenvalue weighted by Crippen LogP contribution is -2.34. The third-order valence-electron chi connectivity index (χ3n) is 4.27. The van der Waals surface area contributed by atoms with Crippen LogP contribution >= 0.6 is 0 Å². The Morgan fingerprint density at radius 3 is 2.41 bits per heavy atom. The molecule has 1 nitrogen and oxygen atoms in total. The van der Waals surface area contributed by atoms with Gasteiger partial charge >= 0.3 is 0 Å². The lowest BCUT2D eigenvalue weighted by atomic mass is 9.96. The van der Waals surface area contributed by atoms with Gasteiger partial charge in [-0.25, -0.2) is 0 Å². The second-order valence-electron chi connectivity index (χ2n) is 5.58. The van der Waals surface area contributed by atoms with Crippen LogP contribution in [0.15, 0.2) is 24.3 Å². The van der Waals surface area contributed by atoms with Crippen LogP contribution in [0.4, 0.5) is 0 Å². The Balaban J connectivity index is 1.96. The molecule has 1 N–H and O–H groups in total. The molecule has 1 fully saturated rings. The summed E-state index contributed by atoms with van der Waals surface area (Å²) in [6.07, 6.45) is 5.67. The first-order valence-electron chi connectivity index (χ1n) is 7.00. The fourth-order valence-corrected chi connectivity index (χ4v) is 3.15. The molecule has 0 aromatic heterocycles. The summed E-state index contributed by atoms with van der Waals surface area (Å²) in [5.74, 6) is 0.890. The average Bonchev–Trinajstić information content (AvgIpc) is 2.82. The zero-order chi connectivity index (χ0) is 12.3. The van der Waals surface area contributed by atoms with E-state index >= 15 is 0 Å². The van der Waals surface area contributed by atoms with Crippen molar-refractivity contribution in [3.05, 3.63) is 35.4 Å². The highest BCUT2D eigenvalue weighted by molar-refractivity contribution is 5.28. The van der Waals surface area contributed by atoms with E-state index in [2.05, 4.69) is 50.4 Å². The monoisotopic (exact) mass is 231 g/mol. The molecule has 0 aliphatic heterocycles. The molecule has 1 aromatic carbocycles. The van der Waals surface area contributed by atoms with E-state index in [1.807, 2.05) is 0 Å². The number of aryl methyl sites for hydroxylation is 1. The lowest BCUT2D eigenvalue weighted by molar-refractivity contribution is 0.352. The standard InChI is InChI=1S/C16H25N/c1-12-8-4-7-11-16(12)14(3)17-13(2)15-9-5-6-10-15/h4,7-8,11,13-15,17H,5-6,9-10H2,1-3H3. The molecule has 1 saturated carbocycles. The Morgan fingerprint density at radius 1 is 1.12 bits per heavy atom. The third kappa shape index (κ3) is 3.10. The van der Waals surface area contributed by atoms with Gasteiger partial charge in [-0.3, -0.25) is 0 Å². The van der Waals surface area contributed by atoms with Gasteiger partial charge in [-0.15, -0.1) is 0 Å². The van der Waals surface area contributed by atoms with Gasteiger partial charge < -0.3 is 5.32 Å². The number of hydrogen-bond donors (Lipinski definition) is 1. The molecule has 2 rings (SSSR count). The van der Waals surface area contributed by atoms with Crippen LogP contribution in [-0.4, -0.2) is 6.04 Å². The molecule has 0 radical (unpaired) electrons. The molecular weight excluding hydrogens is 206 g/mol. The Hall–Kier alpha value is -0.820. The summed E-state index contributed by atoms with van der Waals surface area (Å²) < 4.78 is 0. The average molecular weight is 231 g/mol. The van der Waals surface area contributed by atoms with Crippen molar-refractivity contribution >= 4 is 0 Å². The molecule has 94 valence electrons. The summed E-state index contributed by atoms with van der Waals surface area (Å²) >= 11 is 0. The van der Waals surface area contributed by atoms with Crippen LogP contribution in [-0.2, 0) is 0 Å². The van der Waals surface area contributed by atoms with Crippen molar-refractivity contribution in [1.29, 1.82) is 0 Å². The summed E-state index contributed by atoms with van der Waals surface area (Å²) in [5.41, 5.74) is 2.84. The van der Waals surface area contributed by atoms with Gasteiger partial charge in [-0.2, -0.15) is 0 Å². The summed E-state index contributed by atoms with van der Waals surface area (Å²) in [7, 11) is 0. The van der Waals surface area contributed by atoms with Crippen LogP contribution in [0.25, 0.3) is 0 Å². The van der Waals surface area contributed by atoms with Gasteiger partial charge in [0.2, 0.25) is 0 Å². The van der Waals surface area contributed by atoms with E-state index in [0.29, 0.717) is 12.1 Å². The fraction of sp³-hybridized carbons (Fsp3) is 0.625. The van der Waals surface area contributed by atoms with Crippen molar-refractivity contribution in [2.45, 2.75) is 58.5 Å². The molecular formula is C16H25N. The Morgan fingerprint density at radius 2 is 1.76 bits per heavy atom. The van der Waals surface area contributed by atoms with Crippen LogP contribution in [0.5, 0.6) is 0 Å². The van der Waals surface area contributed by atoms with Crippen molar-refractivity contribution in [2.75, 3.05) is 0 Å². The molecule has 0 heterocycles. The molecule has 2 atom stereocenters. The Labute approximate surface area is 106 Å². The third-order valence-corrected chi connectivity index (χ3v) is 4.27. The van der Waals surface area contributed by atoms with Gasteiger partial charge in [0.1, 0.15) is 0 Å². The number of rotatable bonds is 4. The fourth-order valence-electron chi connectivity index (χ4n) is 3.15. The van der Waals surface area contributed by atoms with E-state index in [-0.39, 0.29) is 0 Å². The number of benzene rings is 1. The summed E-state index contributed by atoms with van der Waals surface area (Å²) in [4.78, 5) is 0. The first-order valence-corrected chi connectivity index (χ1v) is 7.00. The van der Waals surface area contributed by atoms with Gasteiger partial charge in [0, 0.05) is 12.1 Å². The van der Waals surface area contributed by atoms with E-state index in [9.17, 15) is 0 Å². The van der Waals surface area contributed by atoms with Crippen LogP contribution in [0.2, 0.25) is 0 Å². The van der Waals surface area contributed by atoms with Gasteiger partial charge in [0.15, 0.2) is 0 Å². The normalized spacial score (nSPS) is 20.4. The second-order valence-corrected chi connectivity index (χ2v) is 5.58. The quantitative estimate of drug-likeness (QED) is 0.818. The van der Waals surface area contributed by atoms with Crippen molar-refractivity contribution in [3.8, 4) is 0 Å². The predicted octanol–water partition coefficient (Wildman–Crippen LogP) is 4.22. The van der Waals surface area contributed by atoms with Crippen LogP contribution in [0.1, 0.15) is 56.7 Å². The van der Waals surface area contributed by atoms with Crippen molar-refractivity contribution in [2.24, 2.45) is 5.92 Å². The highest BCUT2D eigenvalue weighted by Gasteiger charge is 2.22. The molecule has 0 amide bonds. The SMILES string of the molecule is Cc1ccccc1C(C)NC(C)C1CCCC1. The van der Waals surface area contributed by atoms with Gasteiger partial charge in [-0.05, 0) is 50.7 Å². The maximum atomic E-state index is 3.78. The molecule has 0 spiro atoms. The largest absolute Gasteiger partial charge is 0.307 e. The van der Waals surface area contributed by atoms with E-state index in [4.69, 9.17) is 0 Å². The number of hydrogen-bond acceptors (Lipinski definition) is 1. The Bertz CT molecular complexity index is 352. The highest BCUT2D eigenvalue weighted by atomic mass is 14.9. The summed E-state index contributed by atoms with van der Waals surface area (Å²) in [6, 6.07) is 9.81. The van der Waals surface area contributed by atoms with E-state index in [1.54, 1.807) is 0 Å². The van der Waals surface area contributed by atoms with E-state index < -0.39 is 0 Å². The molecule has 2 unspecified atom stereocenters. The molecule has 17 heavy (non-hydrogen) atoms. The lowest BCUT2D eigenvalue weighted by Gasteiger charge is -2.26. The second kappa shape index (κ2) is 5.68. The van der Waals surface area contributed by atoms with Gasteiger partial charge in [-0.1, -0.05) is 37.1 Å². The first-order chi connectivity index (χ1) is 8.18. The smallest absolute Gasteiger partial charge is 0.0296 e. The minimum absolute atomic E-state index is 0.465. The first kappa shape index (κ1) is 12.6. The van der Waals surface area contributed by atoms with Crippen molar-refractivity contribution in [3.63, 3.8) is 0 Å².